The Morgan fingerprint density at radius 1 is 1.30 bits per heavy atom. The van der Waals surface area contributed by atoms with Gasteiger partial charge in [-0.15, -0.1) is 0 Å². The molecule has 1 aromatic rings. The summed E-state index contributed by atoms with van der Waals surface area (Å²) in [6.07, 6.45) is 0. The predicted octanol–water partition coefficient (Wildman–Crippen LogP) is 1.61. The minimum Gasteiger partial charge on any atom is -0.397 e. The van der Waals surface area contributed by atoms with E-state index < -0.39 is 0 Å². The highest BCUT2D eigenvalue weighted by molar-refractivity contribution is 14.1. The molecule has 0 heterocycles. The number of anilines is 3. The highest BCUT2D eigenvalue weighted by atomic mass is 127. The Bertz CT molecular complexity index is 236. The summed E-state index contributed by atoms with van der Waals surface area (Å²) in [6.45, 7) is 0. The summed E-state index contributed by atoms with van der Waals surface area (Å²) in [6, 6.07) is 5.50. The van der Waals surface area contributed by atoms with E-state index in [2.05, 4.69) is 3.53 Å². The fourth-order valence-electron chi connectivity index (χ4n) is 0.665. The fourth-order valence-corrected chi connectivity index (χ4v) is 1.14. The molecule has 0 aliphatic heterocycles. The van der Waals surface area contributed by atoms with Gasteiger partial charge in [-0.3, -0.25) is 0 Å². The summed E-state index contributed by atoms with van der Waals surface area (Å²) in [4.78, 5) is 0. The van der Waals surface area contributed by atoms with Gasteiger partial charge in [0.05, 0.1) is 39.9 Å². The van der Waals surface area contributed by atoms with E-state index in [1.165, 1.54) is 0 Å². The van der Waals surface area contributed by atoms with Crippen molar-refractivity contribution in [1.82, 2.24) is 0 Å². The van der Waals surface area contributed by atoms with Gasteiger partial charge in [-0.1, -0.05) is 6.07 Å². The molecule has 0 aliphatic rings. The highest BCUT2D eigenvalue weighted by Gasteiger charge is 1.97. The standard InChI is InChI=1S/C6H8IN3/c7-10-5-3-1-2-4(8)6(5)9/h1-3,10H,8-9H2. The summed E-state index contributed by atoms with van der Waals surface area (Å²) < 4.78 is 2.90. The van der Waals surface area contributed by atoms with Crippen molar-refractivity contribution in [1.29, 1.82) is 0 Å². The lowest BCUT2D eigenvalue weighted by Gasteiger charge is -2.04. The topological polar surface area (TPSA) is 64.1 Å². The quantitative estimate of drug-likeness (QED) is 0.402. The van der Waals surface area contributed by atoms with Gasteiger partial charge in [0, 0.05) is 0 Å². The molecule has 0 atom stereocenters. The molecule has 0 amide bonds. The maximum Gasteiger partial charge on any atom is 0.0790 e. The van der Waals surface area contributed by atoms with Gasteiger partial charge in [0.1, 0.15) is 0 Å². The molecular formula is C6H8IN3. The summed E-state index contributed by atoms with van der Waals surface area (Å²) in [7, 11) is 0. The second kappa shape index (κ2) is 2.96. The molecule has 0 aliphatic carbocycles. The van der Waals surface area contributed by atoms with Gasteiger partial charge >= 0.3 is 0 Å². The van der Waals surface area contributed by atoms with Crippen LogP contribution in [0.5, 0.6) is 0 Å². The number of hydrogen-bond acceptors (Lipinski definition) is 3. The number of rotatable bonds is 1. The average Bonchev–Trinajstić information content (AvgIpc) is 1.95. The maximum atomic E-state index is 5.60. The van der Waals surface area contributed by atoms with Crippen molar-refractivity contribution in [2.75, 3.05) is 15.0 Å². The second-order valence-corrected chi connectivity index (χ2v) is 2.44. The summed E-state index contributed by atoms with van der Waals surface area (Å²) in [5.74, 6) is 0. The van der Waals surface area contributed by atoms with Crippen molar-refractivity contribution in [3.8, 4) is 0 Å². The Kier molecular flexibility index (Phi) is 2.21. The van der Waals surface area contributed by atoms with Crippen LogP contribution in [-0.4, -0.2) is 0 Å². The van der Waals surface area contributed by atoms with Gasteiger partial charge in [0.25, 0.3) is 0 Å². The molecule has 0 unspecified atom stereocenters. The van der Waals surface area contributed by atoms with Crippen LogP contribution in [0.4, 0.5) is 17.1 Å². The first-order valence-electron chi connectivity index (χ1n) is 2.76. The van der Waals surface area contributed by atoms with E-state index in [1.807, 2.05) is 35.0 Å². The Balaban J connectivity index is 3.14. The van der Waals surface area contributed by atoms with Gasteiger partial charge in [-0.05, 0) is 12.1 Å². The van der Waals surface area contributed by atoms with E-state index in [0.29, 0.717) is 11.4 Å². The number of halogens is 1. The van der Waals surface area contributed by atoms with Crippen LogP contribution in [-0.2, 0) is 0 Å². The van der Waals surface area contributed by atoms with Gasteiger partial charge in [-0.25, -0.2) is 0 Å². The van der Waals surface area contributed by atoms with Gasteiger partial charge in [0.2, 0.25) is 0 Å². The third-order valence-electron chi connectivity index (χ3n) is 1.24. The SMILES string of the molecule is Nc1cccc(NI)c1N. The smallest absolute Gasteiger partial charge is 0.0790 e. The largest absolute Gasteiger partial charge is 0.397 e. The van der Waals surface area contributed by atoms with Crippen LogP contribution in [0, 0.1) is 0 Å². The number of nitrogens with one attached hydrogen (secondary N) is 1. The monoisotopic (exact) mass is 249 g/mol. The zero-order chi connectivity index (χ0) is 7.56. The summed E-state index contributed by atoms with van der Waals surface area (Å²) in [5.41, 5.74) is 13.2. The van der Waals surface area contributed by atoms with Crippen molar-refractivity contribution in [3.05, 3.63) is 18.2 Å². The molecule has 0 saturated heterocycles. The molecule has 5 N–H and O–H groups in total. The van der Waals surface area contributed by atoms with E-state index >= 15 is 0 Å². The van der Waals surface area contributed by atoms with Crippen LogP contribution >= 0.6 is 22.9 Å². The highest BCUT2D eigenvalue weighted by Crippen LogP contribution is 2.24. The number of hydrogen-bond donors (Lipinski definition) is 3. The van der Waals surface area contributed by atoms with Gasteiger partial charge < -0.3 is 15.0 Å². The van der Waals surface area contributed by atoms with Gasteiger partial charge in [0.15, 0.2) is 0 Å². The van der Waals surface area contributed by atoms with Gasteiger partial charge in [-0.2, -0.15) is 0 Å². The number of nitrogens with two attached hydrogens (primary N) is 2. The molecule has 3 nitrogen and oxygen atoms in total. The minimum atomic E-state index is 0.608. The molecule has 0 spiro atoms. The molecule has 0 saturated carbocycles. The van der Waals surface area contributed by atoms with E-state index in [-0.39, 0.29) is 0 Å². The molecule has 1 aromatic carbocycles. The Morgan fingerprint density at radius 3 is 2.50 bits per heavy atom. The third kappa shape index (κ3) is 1.26. The number of nitrogen functional groups attached to an aromatic ring is 2. The van der Waals surface area contributed by atoms with Crippen LogP contribution in [0.15, 0.2) is 18.2 Å². The van der Waals surface area contributed by atoms with Crippen molar-refractivity contribution >= 4 is 39.9 Å². The average molecular weight is 249 g/mol. The molecule has 0 radical (unpaired) electrons. The third-order valence-corrected chi connectivity index (χ3v) is 1.82. The Hall–Kier alpha value is -0.650. The molecule has 0 aromatic heterocycles. The Morgan fingerprint density at radius 2 is 2.00 bits per heavy atom. The normalized spacial score (nSPS) is 9.30. The molecule has 0 bridgehead atoms. The predicted molar refractivity (Wildman–Crippen MR) is 52.9 cm³/mol. The lowest BCUT2D eigenvalue weighted by Crippen LogP contribution is -1.96. The van der Waals surface area contributed by atoms with Crippen LogP contribution in [0.3, 0.4) is 0 Å². The first kappa shape index (κ1) is 7.46. The first-order valence-corrected chi connectivity index (χ1v) is 3.84. The number of para-hydroxylation sites is 1. The second-order valence-electron chi connectivity index (χ2n) is 1.90. The molecule has 10 heavy (non-hydrogen) atoms. The molecule has 54 valence electrons. The van der Waals surface area contributed by atoms with Crippen LogP contribution in [0.25, 0.3) is 0 Å². The van der Waals surface area contributed by atoms with Crippen molar-refractivity contribution in [3.63, 3.8) is 0 Å². The van der Waals surface area contributed by atoms with E-state index in [4.69, 9.17) is 11.5 Å². The summed E-state index contributed by atoms with van der Waals surface area (Å²) in [5, 5.41) is 0. The van der Waals surface area contributed by atoms with E-state index in [9.17, 15) is 0 Å². The number of benzene rings is 1. The first-order chi connectivity index (χ1) is 4.75. The minimum absolute atomic E-state index is 0.608. The zero-order valence-corrected chi connectivity index (χ0v) is 7.42. The van der Waals surface area contributed by atoms with Crippen LogP contribution in [0.1, 0.15) is 0 Å². The van der Waals surface area contributed by atoms with Crippen molar-refractivity contribution < 1.29 is 0 Å². The molecular weight excluding hydrogens is 241 g/mol. The fraction of sp³-hybridized carbons (Fsp3) is 0. The molecule has 1 rings (SSSR count). The van der Waals surface area contributed by atoms with E-state index in [0.717, 1.165) is 5.69 Å². The lowest BCUT2D eigenvalue weighted by molar-refractivity contribution is 1.66. The van der Waals surface area contributed by atoms with Crippen molar-refractivity contribution in [2.24, 2.45) is 0 Å². The van der Waals surface area contributed by atoms with E-state index in [1.54, 1.807) is 6.07 Å². The van der Waals surface area contributed by atoms with Crippen LogP contribution < -0.4 is 15.0 Å². The van der Waals surface area contributed by atoms with Crippen LogP contribution in [0.2, 0.25) is 0 Å². The summed E-state index contributed by atoms with van der Waals surface area (Å²) >= 11 is 2.01. The maximum absolute atomic E-state index is 5.60. The zero-order valence-electron chi connectivity index (χ0n) is 5.26. The lowest BCUT2D eigenvalue weighted by atomic mass is 10.2. The van der Waals surface area contributed by atoms with Crippen molar-refractivity contribution in [2.45, 2.75) is 0 Å². The molecule has 0 fully saturated rings. The molecule has 4 heteroatoms. The Labute approximate surface area is 73.3 Å².